The summed E-state index contributed by atoms with van der Waals surface area (Å²) in [5.74, 6) is -5.26. The first-order chi connectivity index (χ1) is 5.46. The molecule has 0 aromatic rings. The molecular formula is C5H5F7O. The predicted octanol–water partition coefficient (Wildman–Crippen LogP) is 2.81. The fourth-order valence-electron chi connectivity index (χ4n) is 0.299. The molecule has 0 aliphatic rings. The zero-order valence-electron chi connectivity index (χ0n) is 6.26. The minimum absolute atomic E-state index is 0.0689. The first-order valence-corrected chi connectivity index (χ1v) is 2.92. The first-order valence-electron chi connectivity index (χ1n) is 2.92. The number of ether oxygens (including phenoxy) is 1. The molecule has 80 valence electrons. The minimum atomic E-state index is -5.88. The maximum Gasteiger partial charge on any atom is 0.455 e. The molecule has 0 saturated carbocycles. The van der Waals surface area contributed by atoms with E-state index in [2.05, 4.69) is 4.74 Å². The molecule has 13 heavy (non-hydrogen) atoms. The lowest BCUT2D eigenvalue weighted by Gasteiger charge is -2.21. The highest BCUT2D eigenvalue weighted by Gasteiger charge is 2.58. The molecule has 0 rings (SSSR count). The van der Waals surface area contributed by atoms with E-state index in [1.807, 2.05) is 0 Å². The zero-order chi connectivity index (χ0) is 10.9. The van der Waals surface area contributed by atoms with Crippen molar-refractivity contribution in [1.29, 1.82) is 0 Å². The van der Waals surface area contributed by atoms with E-state index >= 15 is 0 Å². The van der Waals surface area contributed by atoms with E-state index in [0.29, 0.717) is 0 Å². The molecule has 0 spiro atoms. The summed E-state index contributed by atoms with van der Waals surface area (Å²) >= 11 is 0. The Morgan fingerprint density at radius 2 is 1.31 bits per heavy atom. The van der Waals surface area contributed by atoms with Crippen LogP contribution in [0.15, 0.2) is 0 Å². The van der Waals surface area contributed by atoms with Crippen molar-refractivity contribution in [3.8, 4) is 0 Å². The largest absolute Gasteiger partial charge is 0.455 e. The maximum absolute atomic E-state index is 11.9. The number of halogens is 7. The molecule has 1 nitrogen and oxygen atoms in total. The quantitative estimate of drug-likeness (QED) is 0.656. The van der Waals surface area contributed by atoms with Crippen LogP contribution >= 0.6 is 0 Å². The SMILES string of the molecule is CC(F)(F)OCC(F)(F)C(F)(F)F. The summed E-state index contributed by atoms with van der Waals surface area (Å²) in [7, 11) is 0. The van der Waals surface area contributed by atoms with E-state index in [4.69, 9.17) is 0 Å². The highest BCUT2D eigenvalue weighted by atomic mass is 19.4. The standard InChI is InChI=1S/C5H5F7O/c1-3(6,7)13-2-4(8,9)5(10,11)12/h2H2,1H3. The lowest BCUT2D eigenvalue weighted by Crippen LogP contribution is -2.42. The van der Waals surface area contributed by atoms with Crippen LogP contribution in [0.3, 0.4) is 0 Å². The van der Waals surface area contributed by atoms with Crippen molar-refractivity contribution < 1.29 is 35.5 Å². The van der Waals surface area contributed by atoms with Gasteiger partial charge in [-0.1, -0.05) is 0 Å². The second kappa shape index (κ2) is 3.32. The predicted molar refractivity (Wildman–Crippen MR) is 27.6 cm³/mol. The Balaban J connectivity index is 4.21. The van der Waals surface area contributed by atoms with Gasteiger partial charge < -0.3 is 4.74 Å². The Labute approximate surface area is 68.5 Å². The molecular weight excluding hydrogens is 209 g/mol. The van der Waals surface area contributed by atoms with Crippen LogP contribution in [0.5, 0.6) is 0 Å². The summed E-state index contributed by atoms with van der Waals surface area (Å²) in [6.07, 6.45) is -9.88. The Hall–Kier alpha value is -0.530. The van der Waals surface area contributed by atoms with Gasteiger partial charge in [0, 0.05) is 6.92 Å². The van der Waals surface area contributed by atoms with E-state index in [0.717, 1.165) is 0 Å². The number of rotatable bonds is 3. The van der Waals surface area contributed by atoms with Crippen LogP contribution in [0.25, 0.3) is 0 Å². The van der Waals surface area contributed by atoms with Crippen LogP contribution in [0, 0.1) is 0 Å². The van der Waals surface area contributed by atoms with Gasteiger partial charge in [-0.15, -0.1) is 0 Å². The molecule has 0 unspecified atom stereocenters. The average molecular weight is 214 g/mol. The molecule has 0 aromatic carbocycles. The molecule has 0 bridgehead atoms. The van der Waals surface area contributed by atoms with E-state index in [1.54, 1.807) is 0 Å². The van der Waals surface area contributed by atoms with Crippen LogP contribution in [-0.4, -0.2) is 24.8 Å². The van der Waals surface area contributed by atoms with E-state index in [-0.39, 0.29) is 6.92 Å². The van der Waals surface area contributed by atoms with Crippen LogP contribution < -0.4 is 0 Å². The Morgan fingerprint density at radius 3 is 1.54 bits per heavy atom. The fourth-order valence-corrected chi connectivity index (χ4v) is 0.299. The highest BCUT2D eigenvalue weighted by molar-refractivity contribution is 4.75. The minimum Gasteiger partial charge on any atom is -0.314 e. The van der Waals surface area contributed by atoms with Gasteiger partial charge in [0.2, 0.25) is 0 Å². The molecule has 0 fully saturated rings. The Morgan fingerprint density at radius 1 is 0.923 bits per heavy atom. The van der Waals surface area contributed by atoms with Crippen molar-refractivity contribution in [2.45, 2.75) is 25.1 Å². The molecule has 0 aliphatic carbocycles. The second-order valence-electron chi connectivity index (χ2n) is 2.30. The number of alkyl halides is 7. The summed E-state index contributed by atoms with van der Waals surface area (Å²) in [4.78, 5) is 0. The van der Waals surface area contributed by atoms with Gasteiger partial charge in [0.15, 0.2) is 0 Å². The van der Waals surface area contributed by atoms with E-state index < -0.39 is 24.8 Å². The maximum atomic E-state index is 11.9. The van der Waals surface area contributed by atoms with Crippen molar-refractivity contribution >= 4 is 0 Å². The monoisotopic (exact) mass is 214 g/mol. The number of hydrogen-bond donors (Lipinski definition) is 0. The van der Waals surface area contributed by atoms with Gasteiger partial charge >= 0.3 is 18.2 Å². The molecule has 0 radical (unpaired) electrons. The zero-order valence-corrected chi connectivity index (χ0v) is 6.26. The van der Waals surface area contributed by atoms with Crippen molar-refractivity contribution in [2.75, 3.05) is 6.61 Å². The summed E-state index contributed by atoms with van der Waals surface area (Å²) in [6, 6.07) is 0. The third-order valence-corrected chi connectivity index (χ3v) is 0.922. The van der Waals surface area contributed by atoms with Gasteiger partial charge in [-0.3, -0.25) is 0 Å². The molecule has 0 heterocycles. The smallest absolute Gasteiger partial charge is 0.314 e. The molecule has 0 atom stereocenters. The Bertz CT molecular complexity index is 167. The topological polar surface area (TPSA) is 9.23 Å². The lowest BCUT2D eigenvalue weighted by atomic mass is 10.3. The molecule has 0 N–H and O–H groups in total. The van der Waals surface area contributed by atoms with Crippen molar-refractivity contribution in [1.82, 2.24) is 0 Å². The third-order valence-electron chi connectivity index (χ3n) is 0.922. The van der Waals surface area contributed by atoms with Crippen molar-refractivity contribution in [3.05, 3.63) is 0 Å². The average Bonchev–Trinajstić information content (AvgIpc) is 1.79. The summed E-state index contributed by atoms with van der Waals surface area (Å²) in [6.45, 7) is -2.32. The van der Waals surface area contributed by atoms with E-state index in [9.17, 15) is 30.7 Å². The van der Waals surface area contributed by atoms with Crippen LogP contribution in [0.2, 0.25) is 0 Å². The molecule has 8 heteroatoms. The molecule has 0 saturated heterocycles. The van der Waals surface area contributed by atoms with E-state index in [1.165, 1.54) is 0 Å². The normalized spacial score (nSPS) is 14.8. The van der Waals surface area contributed by atoms with Gasteiger partial charge in [-0.25, -0.2) is 0 Å². The highest BCUT2D eigenvalue weighted by Crippen LogP contribution is 2.36. The van der Waals surface area contributed by atoms with Gasteiger partial charge in [-0.2, -0.15) is 30.7 Å². The van der Waals surface area contributed by atoms with Crippen LogP contribution in [0.4, 0.5) is 30.7 Å². The third kappa shape index (κ3) is 4.30. The second-order valence-corrected chi connectivity index (χ2v) is 2.30. The lowest BCUT2D eigenvalue weighted by molar-refractivity contribution is -0.328. The van der Waals surface area contributed by atoms with Gasteiger partial charge in [0.1, 0.15) is 6.61 Å². The molecule has 0 amide bonds. The van der Waals surface area contributed by atoms with Crippen molar-refractivity contribution in [3.63, 3.8) is 0 Å². The summed E-state index contributed by atoms with van der Waals surface area (Å²) in [5, 5.41) is 0. The molecule has 0 aliphatic heterocycles. The Kier molecular flexibility index (Phi) is 3.18. The van der Waals surface area contributed by atoms with Crippen molar-refractivity contribution in [2.24, 2.45) is 0 Å². The fraction of sp³-hybridized carbons (Fsp3) is 1.00. The van der Waals surface area contributed by atoms with Gasteiger partial charge in [-0.05, 0) is 0 Å². The van der Waals surface area contributed by atoms with Gasteiger partial charge in [0.05, 0.1) is 0 Å². The first kappa shape index (κ1) is 12.5. The van der Waals surface area contributed by atoms with Gasteiger partial charge in [0.25, 0.3) is 0 Å². The van der Waals surface area contributed by atoms with Crippen LogP contribution in [0.1, 0.15) is 6.92 Å². The summed E-state index contributed by atoms with van der Waals surface area (Å²) in [5.41, 5.74) is 0. The summed E-state index contributed by atoms with van der Waals surface area (Å²) < 4.78 is 84.2. The van der Waals surface area contributed by atoms with Crippen LogP contribution in [-0.2, 0) is 4.74 Å². The number of hydrogen-bond acceptors (Lipinski definition) is 1. The molecule has 0 aromatic heterocycles.